The van der Waals surface area contributed by atoms with Crippen molar-refractivity contribution in [3.63, 3.8) is 0 Å². The van der Waals surface area contributed by atoms with Gasteiger partial charge in [-0.3, -0.25) is 19.3 Å². The molecule has 2 aromatic rings. The number of aromatic nitrogens is 1. The van der Waals surface area contributed by atoms with Crippen LogP contribution in [0.15, 0.2) is 35.2 Å². The molecule has 1 saturated heterocycles. The van der Waals surface area contributed by atoms with Gasteiger partial charge < -0.3 is 14.6 Å². The van der Waals surface area contributed by atoms with Crippen LogP contribution in [0, 0.1) is 13.8 Å². The third-order valence-corrected chi connectivity index (χ3v) is 5.80. The molecule has 0 atom stereocenters. The number of hydrogen-bond donors (Lipinski definition) is 1. The van der Waals surface area contributed by atoms with Crippen LogP contribution in [0.2, 0.25) is 5.02 Å². The lowest BCUT2D eigenvalue weighted by Gasteiger charge is -2.12. The summed E-state index contributed by atoms with van der Waals surface area (Å²) in [5.41, 5.74) is 3.70. The van der Waals surface area contributed by atoms with E-state index in [4.69, 9.17) is 16.3 Å². The van der Waals surface area contributed by atoms with Gasteiger partial charge in [0.1, 0.15) is 6.54 Å². The summed E-state index contributed by atoms with van der Waals surface area (Å²) in [4.78, 5) is 38.2. The summed E-state index contributed by atoms with van der Waals surface area (Å²) in [7, 11) is 1.53. The fraction of sp³-hybridized carbons (Fsp3) is 0.286. The van der Waals surface area contributed by atoms with Crippen molar-refractivity contribution in [2.45, 2.75) is 13.8 Å². The van der Waals surface area contributed by atoms with Gasteiger partial charge in [-0.15, -0.1) is 0 Å². The quantitative estimate of drug-likeness (QED) is 0.518. The summed E-state index contributed by atoms with van der Waals surface area (Å²) in [5.74, 6) is -0.875. The number of halogens is 1. The molecule has 0 radical (unpaired) electrons. The Kier molecular flexibility index (Phi) is 7.02. The first-order valence-corrected chi connectivity index (χ1v) is 10.5. The van der Waals surface area contributed by atoms with Crippen molar-refractivity contribution in [2.24, 2.45) is 0 Å². The highest BCUT2D eigenvalue weighted by Gasteiger charge is 2.36. The van der Waals surface area contributed by atoms with E-state index in [1.807, 2.05) is 44.2 Å². The van der Waals surface area contributed by atoms with E-state index >= 15 is 0 Å². The molecule has 1 N–H and O–H groups in total. The largest absolute Gasteiger partial charge is 0.383 e. The van der Waals surface area contributed by atoms with Crippen LogP contribution in [0.25, 0.3) is 11.8 Å². The summed E-state index contributed by atoms with van der Waals surface area (Å²) in [6.45, 7) is 4.28. The minimum atomic E-state index is -0.469. The van der Waals surface area contributed by atoms with Crippen molar-refractivity contribution in [3.8, 4) is 5.69 Å². The second kappa shape index (κ2) is 9.51. The Morgan fingerprint density at radius 2 is 1.93 bits per heavy atom. The molecule has 0 saturated carbocycles. The maximum absolute atomic E-state index is 12.7. The number of methoxy groups -OCH3 is 1. The van der Waals surface area contributed by atoms with Gasteiger partial charge in [-0.25, -0.2) is 0 Å². The summed E-state index contributed by atoms with van der Waals surface area (Å²) < 4.78 is 6.92. The topological polar surface area (TPSA) is 80.6 Å². The Morgan fingerprint density at radius 1 is 1.23 bits per heavy atom. The van der Waals surface area contributed by atoms with E-state index in [1.165, 1.54) is 7.11 Å². The Bertz CT molecular complexity index is 1010. The van der Waals surface area contributed by atoms with Crippen LogP contribution >= 0.6 is 23.4 Å². The molecule has 3 rings (SSSR count). The van der Waals surface area contributed by atoms with E-state index in [0.717, 1.165) is 39.3 Å². The summed E-state index contributed by atoms with van der Waals surface area (Å²) in [5, 5.41) is 2.80. The molecule has 1 aliphatic rings. The Hall–Kier alpha value is -2.55. The average Bonchev–Trinajstić information content (AvgIpc) is 3.13. The van der Waals surface area contributed by atoms with E-state index in [9.17, 15) is 14.4 Å². The van der Waals surface area contributed by atoms with E-state index in [-0.39, 0.29) is 6.54 Å². The number of imide groups is 1. The normalized spacial score (nSPS) is 15.3. The number of aryl methyl sites for hydroxylation is 1. The van der Waals surface area contributed by atoms with Gasteiger partial charge in [-0.2, -0.15) is 0 Å². The van der Waals surface area contributed by atoms with Gasteiger partial charge in [0.25, 0.3) is 11.1 Å². The van der Waals surface area contributed by atoms with Crippen LogP contribution in [0.1, 0.15) is 17.0 Å². The number of nitrogens with zero attached hydrogens (tertiary/aromatic N) is 2. The third kappa shape index (κ3) is 4.77. The fourth-order valence-electron chi connectivity index (χ4n) is 3.19. The number of hydrogen-bond acceptors (Lipinski definition) is 5. The second-order valence-electron chi connectivity index (χ2n) is 6.75. The maximum Gasteiger partial charge on any atom is 0.294 e. The first-order chi connectivity index (χ1) is 14.3. The number of thioether (sulfide) groups is 1. The van der Waals surface area contributed by atoms with Crippen LogP contribution in [-0.2, 0) is 14.3 Å². The van der Waals surface area contributed by atoms with Crippen molar-refractivity contribution in [2.75, 3.05) is 26.8 Å². The van der Waals surface area contributed by atoms with Crippen LogP contribution in [-0.4, -0.2) is 53.3 Å². The molecule has 0 aliphatic carbocycles. The zero-order chi connectivity index (χ0) is 21.8. The highest BCUT2D eigenvalue weighted by molar-refractivity contribution is 8.18. The zero-order valence-electron chi connectivity index (χ0n) is 16.9. The maximum atomic E-state index is 12.7. The van der Waals surface area contributed by atoms with Gasteiger partial charge in [-0.05, 0) is 67.6 Å². The number of carbonyl (C=O) groups excluding carboxylic acids is 3. The number of amides is 3. The van der Waals surface area contributed by atoms with Crippen molar-refractivity contribution in [3.05, 3.63) is 57.2 Å². The minimum Gasteiger partial charge on any atom is -0.383 e. The van der Waals surface area contributed by atoms with Crippen molar-refractivity contribution >= 4 is 46.5 Å². The highest BCUT2D eigenvalue weighted by atomic mass is 35.5. The fourth-order valence-corrected chi connectivity index (χ4v) is 4.15. The Balaban J connectivity index is 1.80. The molecule has 1 aromatic carbocycles. The predicted octanol–water partition coefficient (Wildman–Crippen LogP) is 3.55. The number of benzene rings is 1. The number of carbonyl (C=O) groups is 3. The lowest BCUT2D eigenvalue weighted by molar-refractivity contribution is -0.129. The average molecular weight is 448 g/mol. The molecule has 158 valence electrons. The summed E-state index contributed by atoms with van der Waals surface area (Å²) in [6, 6.07) is 9.43. The van der Waals surface area contributed by atoms with Gasteiger partial charge >= 0.3 is 0 Å². The molecule has 3 amide bonds. The molecule has 1 fully saturated rings. The van der Waals surface area contributed by atoms with Crippen molar-refractivity contribution in [1.82, 2.24) is 14.8 Å². The second-order valence-corrected chi connectivity index (χ2v) is 8.18. The van der Waals surface area contributed by atoms with E-state index in [1.54, 1.807) is 6.08 Å². The monoisotopic (exact) mass is 447 g/mol. The summed E-state index contributed by atoms with van der Waals surface area (Å²) >= 11 is 6.82. The molecule has 1 aliphatic heterocycles. The highest BCUT2D eigenvalue weighted by Crippen LogP contribution is 2.33. The van der Waals surface area contributed by atoms with Gasteiger partial charge in [0, 0.05) is 35.8 Å². The molecule has 7 nitrogen and oxygen atoms in total. The summed E-state index contributed by atoms with van der Waals surface area (Å²) in [6.07, 6.45) is 1.70. The van der Waals surface area contributed by atoms with Gasteiger partial charge in [0.05, 0.1) is 11.5 Å². The molecule has 0 bridgehead atoms. The van der Waals surface area contributed by atoms with E-state index in [2.05, 4.69) is 9.88 Å². The third-order valence-electron chi connectivity index (χ3n) is 4.65. The Morgan fingerprint density at radius 3 is 2.60 bits per heavy atom. The van der Waals surface area contributed by atoms with Gasteiger partial charge in [0.15, 0.2) is 0 Å². The first kappa shape index (κ1) is 22.1. The molecule has 1 aromatic heterocycles. The SMILES string of the molecule is COCCNC(=O)CN1C(=O)S/C(=C\c2cc(C)n(-c3ccc(Cl)cc3)c2C)C1=O. The molecule has 0 unspecified atom stereocenters. The first-order valence-electron chi connectivity index (χ1n) is 9.27. The van der Waals surface area contributed by atoms with Gasteiger partial charge in [0.2, 0.25) is 5.91 Å². The van der Waals surface area contributed by atoms with E-state index < -0.39 is 17.1 Å². The van der Waals surface area contributed by atoms with Crippen LogP contribution < -0.4 is 5.32 Å². The molecular formula is C21H22ClN3O4S. The smallest absolute Gasteiger partial charge is 0.294 e. The van der Waals surface area contributed by atoms with Gasteiger partial charge in [-0.1, -0.05) is 11.6 Å². The van der Waals surface area contributed by atoms with Crippen LogP contribution in [0.3, 0.4) is 0 Å². The van der Waals surface area contributed by atoms with E-state index in [0.29, 0.717) is 23.1 Å². The number of ether oxygens (including phenoxy) is 1. The van der Waals surface area contributed by atoms with Crippen LogP contribution in [0.5, 0.6) is 0 Å². The van der Waals surface area contributed by atoms with Crippen molar-refractivity contribution in [1.29, 1.82) is 0 Å². The molecule has 0 spiro atoms. The standard InChI is InChI=1S/C21H22ClN3O4S/c1-13-10-15(14(2)25(13)17-6-4-16(22)5-7-17)11-18-20(27)24(21(28)30-18)12-19(26)23-8-9-29-3/h4-7,10-11H,8-9,12H2,1-3H3,(H,23,26)/b18-11-. The van der Waals surface area contributed by atoms with Crippen LogP contribution in [0.4, 0.5) is 4.79 Å². The number of nitrogens with one attached hydrogen (secondary N) is 1. The number of rotatable bonds is 7. The molecular weight excluding hydrogens is 426 g/mol. The lowest BCUT2D eigenvalue weighted by atomic mass is 10.2. The Labute approximate surface area is 184 Å². The molecule has 30 heavy (non-hydrogen) atoms. The molecule has 9 heteroatoms. The predicted molar refractivity (Wildman–Crippen MR) is 118 cm³/mol. The minimum absolute atomic E-state index is 0.293. The lowest BCUT2D eigenvalue weighted by Crippen LogP contribution is -2.40. The molecule has 2 heterocycles. The van der Waals surface area contributed by atoms with Crippen molar-refractivity contribution < 1.29 is 19.1 Å². The zero-order valence-corrected chi connectivity index (χ0v) is 18.5.